The van der Waals surface area contributed by atoms with Crippen molar-refractivity contribution in [3.8, 4) is 17.2 Å². The molecule has 0 aliphatic carbocycles. The van der Waals surface area contributed by atoms with Gasteiger partial charge in [-0.3, -0.25) is 4.79 Å². The second-order valence-corrected chi connectivity index (χ2v) is 9.37. The van der Waals surface area contributed by atoms with Crippen molar-refractivity contribution in [1.82, 2.24) is 0 Å². The number of rotatable bonds is 13. The first-order chi connectivity index (χ1) is 17.6. The molecule has 0 saturated carbocycles. The molecule has 4 atom stereocenters. The Kier molecular flexibility index (Phi) is 11.5. The van der Waals surface area contributed by atoms with E-state index in [0.717, 1.165) is 0 Å². The van der Waals surface area contributed by atoms with Crippen molar-refractivity contribution in [3.05, 3.63) is 63.6 Å². The van der Waals surface area contributed by atoms with Crippen LogP contribution in [0.25, 0.3) is 11.0 Å². The Labute approximate surface area is 220 Å². The van der Waals surface area contributed by atoms with E-state index in [0.29, 0.717) is 29.9 Å². The lowest BCUT2D eigenvalue weighted by Gasteiger charge is -2.32. The van der Waals surface area contributed by atoms with Crippen molar-refractivity contribution in [2.45, 2.75) is 59.7 Å². The molecule has 7 heteroatoms. The topological polar surface area (TPSA) is 87.4 Å². The summed E-state index contributed by atoms with van der Waals surface area (Å²) < 4.78 is 28.3. The second kappa shape index (κ2) is 14.1. The van der Waals surface area contributed by atoms with Crippen LogP contribution in [0.15, 0.2) is 51.2 Å². The Morgan fingerprint density at radius 3 is 2.32 bits per heavy atom. The minimum Gasteiger partial charge on any atom is -0.502 e. The molecule has 1 N–H and O–H groups in total. The number of methoxy groups -OCH3 is 4. The molecule has 2 aromatic rings. The summed E-state index contributed by atoms with van der Waals surface area (Å²) in [4.78, 5) is 13.2. The summed E-state index contributed by atoms with van der Waals surface area (Å²) in [6.45, 7) is 10.0. The van der Waals surface area contributed by atoms with Crippen molar-refractivity contribution in [2.24, 2.45) is 11.8 Å². The van der Waals surface area contributed by atoms with Crippen molar-refractivity contribution < 1.29 is 28.5 Å². The van der Waals surface area contributed by atoms with E-state index < -0.39 is 0 Å². The number of ether oxygens (including phenoxy) is 4. The molecule has 1 heterocycles. The minimum atomic E-state index is -0.235. The first-order valence-electron chi connectivity index (χ1n) is 12.6. The molecule has 2 rings (SSSR count). The van der Waals surface area contributed by atoms with Crippen LogP contribution in [-0.4, -0.2) is 45.8 Å². The van der Waals surface area contributed by atoms with Crippen molar-refractivity contribution >= 4 is 11.0 Å². The average Bonchev–Trinajstić information content (AvgIpc) is 2.90. The molecular weight excluding hydrogens is 472 g/mol. The lowest BCUT2D eigenvalue weighted by atomic mass is 9.85. The SMILES string of the molecule is CC=C(C)/C=C/C=C/C(OC)C(C)C(OC)C(C)CCc1oc2c(O)c(OC)cc(OC)c2c(=O)c1C. The van der Waals surface area contributed by atoms with Crippen LogP contribution in [0.5, 0.6) is 17.2 Å². The number of hydrogen-bond donors (Lipinski definition) is 1. The maximum absolute atomic E-state index is 13.2. The highest BCUT2D eigenvalue weighted by Gasteiger charge is 2.29. The highest BCUT2D eigenvalue weighted by atomic mass is 16.5. The van der Waals surface area contributed by atoms with Gasteiger partial charge in [-0.2, -0.15) is 0 Å². The predicted octanol–water partition coefficient (Wildman–Crippen LogP) is 6.14. The summed E-state index contributed by atoms with van der Waals surface area (Å²) >= 11 is 0. The Morgan fingerprint density at radius 1 is 1.08 bits per heavy atom. The van der Waals surface area contributed by atoms with Gasteiger partial charge < -0.3 is 28.5 Å². The first kappa shape index (κ1) is 30.2. The minimum absolute atomic E-state index is 0.0666. The zero-order valence-corrected chi connectivity index (χ0v) is 23.6. The molecule has 1 aromatic carbocycles. The standard InChI is InChI=1S/C30H42O7/c1-10-18(2)13-11-12-14-22(33-6)21(5)29(36-9)19(3)15-16-23-20(4)27(31)26-24(34-7)17-25(35-8)28(32)30(26)37-23/h10-14,17,19,21-22,29,32H,15-16H2,1-9H3/b13-11+,14-12+,18-10?. The first-order valence-corrected chi connectivity index (χ1v) is 12.6. The van der Waals surface area contributed by atoms with E-state index in [1.165, 1.54) is 25.9 Å². The highest BCUT2D eigenvalue weighted by Crippen LogP contribution is 2.40. The fourth-order valence-electron chi connectivity index (χ4n) is 4.61. The zero-order valence-electron chi connectivity index (χ0n) is 23.6. The molecule has 0 fully saturated rings. The molecule has 0 saturated heterocycles. The van der Waals surface area contributed by atoms with Crippen LogP contribution in [0.1, 0.15) is 45.4 Å². The van der Waals surface area contributed by atoms with Crippen LogP contribution in [-0.2, 0) is 15.9 Å². The van der Waals surface area contributed by atoms with Gasteiger partial charge in [0.2, 0.25) is 5.75 Å². The van der Waals surface area contributed by atoms with Crippen molar-refractivity contribution in [3.63, 3.8) is 0 Å². The van der Waals surface area contributed by atoms with Gasteiger partial charge in [-0.15, -0.1) is 0 Å². The Morgan fingerprint density at radius 2 is 1.76 bits per heavy atom. The summed E-state index contributed by atoms with van der Waals surface area (Å²) in [6, 6.07) is 1.48. The number of phenols is 1. The van der Waals surface area contributed by atoms with Crippen LogP contribution in [0.2, 0.25) is 0 Å². The van der Waals surface area contributed by atoms with E-state index in [9.17, 15) is 9.90 Å². The molecule has 0 aliphatic rings. The number of hydrogen-bond acceptors (Lipinski definition) is 7. The number of phenolic OH excluding ortho intramolecular Hbond substituents is 1. The maximum atomic E-state index is 13.2. The quantitative estimate of drug-likeness (QED) is 0.321. The fourth-order valence-corrected chi connectivity index (χ4v) is 4.61. The summed E-state index contributed by atoms with van der Waals surface area (Å²) in [6.07, 6.45) is 11.1. The Balaban J connectivity index is 2.27. The number of fused-ring (bicyclic) bond motifs is 1. The molecule has 0 bridgehead atoms. The summed E-state index contributed by atoms with van der Waals surface area (Å²) in [5.74, 6) is 0.995. The van der Waals surface area contributed by atoms with E-state index in [-0.39, 0.29) is 51.9 Å². The van der Waals surface area contributed by atoms with Crippen LogP contribution >= 0.6 is 0 Å². The largest absolute Gasteiger partial charge is 0.502 e. The van der Waals surface area contributed by atoms with Gasteiger partial charge in [0, 0.05) is 38.2 Å². The summed E-state index contributed by atoms with van der Waals surface area (Å²) in [7, 11) is 6.31. The smallest absolute Gasteiger partial charge is 0.202 e. The van der Waals surface area contributed by atoms with Gasteiger partial charge in [0.1, 0.15) is 16.9 Å². The third-order valence-electron chi connectivity index (χ3n) is 7.03. The van der Waals surface area contributed by atoms with Gasteiger partial charge in [-0.1, -0.05) is 49.8 Å². The lowest BCUT2D eigenvalue weighted by molar-refractivity contribution is -0.0343. The lowest BCUT2D eigenvalue weighted by Crippen LogP contribution is -2.36. The van der Waals surface area contributed by atoms with Crippen LogP contribution in [0.3, 0.4) is 0 Å². The summed E-state index contributed by atoms with van der Waals surface area (Å²) in [5.41, 5.74) is 1.51. The molecule has 0 radical (unpaired) electrons. The van der Waals surface area contributed by atoms with Crippen LogP contribution < -0.4 is 14.9 Å². The zero-order chi connectivity index (χ0) is 27.7. The van der Waals surface area contributed by atoms with Gasteiger partial charge in [-0.25, -0.2) is 0 Å². The monoisotopic (exact) mass is 514 g/mol. The molecule has 7 nitrogen and oxygen atoms in total. The molecule has 1 aromatic heterocycles. The van der Waals surface area contributed by atoms with Gasteiger partial charge in [0.25, 0.3) is 0 Å². The molecule has 37 heavy (non-hydrogen) atoms. The number of benzene rings is 1. The van der Waals surface area contributed by atoms with Gasteiger partial charge in [-0.05, 0) is 33.1 Å². The number of aryl methyl sites for hydroxylation is 1. The van der Waals surface area contributed by atoms with Crippen LogP contribution in [0, 0.1) is 18.8 Å². The van der Waals surface area contributed by atoms with E-state index in [4.69, 9.17) is 23.4 Å². The normalized spacial score (nSPS) is 15.9. The summed E-state index contributed by atoms with van der Waals surface area (Å²) in [5, 5.41) is 10.8. The number of aromatic hydroxyl groups is 1. The Hall–Kier alpha value is -3.03. The predicted molar refractivity (Wildman–Crippen MR) is 148 cm³/mol. The third kappa shape index (κ3) is 7.05. The molecule has 0 spiro atoms. The van der Waals surface area contributed by atoms with Crippen molar-refractivity contribution in [1.29, 1.82) is 0 Å². The van der Waals surface area contributed by atoms with E-state index in [1.807, 2.05) is 31.2 Å². The second-order valence-electron chi connectivity index (χ2n) is 9.37. The molecule has 0 amide bonds. The highest BCUT2D eigenvalue weighted by molar-refractivity contribution is 5.91. The van der Waals surface area contributed by atoms with Gasteiger partial charge in [0.05, 0.1) is 26.4 Å². The fraction of sp³-hybridized carbons (Fsp3) is 0.500. The third-order valence-corrected chi connectivity index (χ3v) is 7.03. The van der Waals surface area contributed by atoms with E-state index in [2.05, 4.69) is 26.8 Å². The van der Waals surface area contributed by atoms with Crippen LogP contribution in [0.4, 0.5) is 0 Å². The molecule has 204 valence electrons. The molecule has 4 unspecified atom stereocenters. The van der Waals surface area contributed by atoms with Gasteiger partial charge >= 0.3 is 0 Å². The van der Waals surface area contributed by atoms with E-state index >= 15 is 0 Å². The molecule has 0 aliphatic heterocycles. The van der Waals surface area contributed by atoms with Crippen molar-refractivity contribution in [2.75, 3.05) is 28.4 Å². The Bertz CT molecular complexity index is 1190. The maximum Gasteiger partial charge on any atom is 0.202 e. The average molecular weight is 515 g/mol. The van der Waals surface area contributed by atoms with Gasteiger partial charge in [0.15, 0.2) is 16.8 Å². The molecular formula is C30H42O7. The van der Waals surface area contributed by atoms with E-state index in [1.54, 1.807) is 21.1 Å². The number of allylic oxidation sites excluding steroid dienone is 5.